The summed E-state index contributed by atoms with van der Waals surface area (Å²) in [5.74, 6) is 0.239. The average Bonchev–Trinajstić information content (AvgIpc) is 2.52. The number of nitrogens with one attached hydrogen (secondary N) is 1. The van der Waals surface area contributed by atoms with Crippen molar-refractivity contribution >= 4 is 5.91 Å². The van der Waals surface area contributed by atoms with Crippen molar-refractivity contribution in [3.05, 3.63) is 0 Å². The van der Waals surface area contributed by atoms with E-state index in [0.29, 0.717) is 12.1 Å². The van der Waals surface area contributed by atoms with Crippen molar-refractivity contribution in [1.29, 1.82) is 0 Å². The fourth-order valence-corrected chi connectivity index (χ4v) is 1.65. The van der Waals surface area contributed by atoms with E-state index in [2.05, 4.69) is 5.32 Å². The number of carbonyl (C=O) groups is 1. The molecular weight excluding hydrogens is 166 g/mol. The molecule has 0 aliphatic heterocycles. The van der Waals surface area contributed by atoms with Crippen molar-refractivity contribution in [2.24, 2.45) is 5.92 Å². The van der Waals surface area contributed by atoms with Crippen LogP contribution in [-0.2, 0) is 9.53 Å². The van der Waals surface area contributed by atoms with E-state index in [4.69, 9.17) is 4.74 Å². The molecule has 3 heteroatoms. The Morgan fingerprint density at radius 3 is 2.62 bits per heavy atom. The van der Waals surface area contributed by atoms with Crippen molar-refractivity contribution in [1.82, 2.24) is 5.32 Å². The minimum absolute atomic E-state index is 0.0848. The summed E-state index contributed by atoms with van der Waals surface area (Å²) in [5.41, 5.74) is 0. The molecule has 1 N–H and O–H groups in total. The third-order valence-corrected chi connectivity index (χ3v) is 2.59. The molecule has 1 amide bonds. The highest BCUT2D eigenvalue weighted by Crippen LogP contribution is 2.21. The zero-order valence-electron chi connectivity index (χ0n) is 8.67. The summed E-state index contributed by atoms with van der Waals surface area (Å²) >= 11 is 0. The van der Waals surface area contributed by atoms with Gasteiger partial charge in [-0.05, 0) is 19.3 Å². The van der Waals surface area contributed by atoms with Crippen LogP contribution in [0.1, 0.15) is 33.1 Å². The van der Waals surface area contributed by atoms with Gasteiger partial charge >= 0.3 is 0 Å². The summed E-state index contributed by atoms with van der Waals surface area (Å²) in [6, 6.07) is 0.333. The van der Waals surface area contributed by atoms with E-state index in [1.54, 1.807) is 7.11 Å². The molecule has 0 heterocycles. The first kappa shape index (κ1) is 10.5. The summed E-state index contributed by atoms with van der Waals surface area (Å²) in [7, 11) is 1.73. The van der Waals surface area contributed by atoms with Gasteiger partial charge in [0.2, 0.25) is 5.91 Å². The van der Waals surface area contributed by atoms with E-state index >= 15 is 0 Å². The molecule has 13 heavy (non-hydrogen) atoms. The molecule has 1 saturated carbocycles. The molecule has 1 fully saturated rings. The normalized spacial score (nSPS) is 28.0. The van der Waals surface area contributed by atoms with E-state index in [-0.39, 0.29) is 11.8 Å². The Hall–Kier alpha value is -0.570. The van der Waals surface area contributed by atoms with Gasteiger partial charge in [-0.1, -0.05) is 13.8 Å². The molecule has 0 radical (unpaired) electrons. The predicted octanol–water partition coefficient (Wildman–Crippen LogP) is 1.33. The molecule has 0 saturated heterocycles. The zero-order chi connectivity index (χ0) is 9.84. The highest BCUT2D eigenvalue weighted by Gasteiger charge is 2.25. The van der Waals surface area contributed by atoms with Crippen LogP contribution in [0.2, 0.25) is 0 Å². The number of hydrogen-bond acceptors (Lipinski definition) is 2. The lowest BCUT2D eigenvalue weighted by Crippen LogP contribution is -2.36. The summed E-state index contributed by atoms with van der Waals surface area (Å²) in [6.07, 6.45) is 3.43. The van der Waals surface area contributed by atoms with E-state index in [0.717, 1.165) is 19.3 Å². The summed E-state index contributed by atoms with van der Waals surface area (Å²) in [6.45, 7) is 3.83. The van der Waals surface area contributed by atoms with Gasteiger partial charge < -0.3 is 10.1 Å². The predicted molar refractivity (Wildman–Crippen MR) is 51.4 cm³/mol. The lowest BCUT2D eigenvalue weighted by atomic mass is 10.1. The molecule has 1 rings (SSSR count). The first-order valence-electron chi connectivity index (χ1n) is 4.96. The van der Waals surface area contributed by atoms with Crippen molar-refractivity contribution in [2.75, 3.05) is 7.11 Å². The van der Waals surface area contributed by atoms with Crippen molar-refractivity contribution in [3.63, 3.8) is 0 Å². The Balaban J connectivity index is 2.28. The van der Waals surface area contributed by atoms with Gasteiger partial charge in [-0.3, -0.25) is 4.79 Å². The molecule has 1 aliphatic rings. The number of amides is 1. The van der Waals surface area contributed by atoms with Crippen molar-refractivity contribution < 1.29 is 9.53 Å². The minimum Gasteiger partial charge on any atom is -0.381 e. The molecule has 0 aromatic heterocycles. The molecule has 0 aromatic carbocycles. The topological polar surface area (TPSA) is 38.3 Å². The second-order valence-corrected chi connectivity index (χ2v) is 4.03. The maximum absolute atomic E-state index is 11.3. The Bertz CT molecular complexity index is 180. The van der Waals surface area contributed by atoms with Crippen molar-refractivity contribution in [3.8, 4) is 0 Å². The molecule has 2 atom stereocenters. The number of methoxy groups -OCH3 is 1. The highest BCUT2D eigenvalue weighted by molar-refractivity contribution is 5.78. The van der Waals surface area contributed by atoms with Crippen LogP contribution in [0.4, 0.5) is 0 Å². The third-order valence-electron chi connectivity index (χ3n) is 2.59. The smallest absolute Gasteiger partial charge is 0.222 e. The fraction of sp³-hybridized carbons (Fsp3) is 0.900. The molecule has 76 valence electrons. The average molecular weight is 185 g/mol. The number of rotatable bonds is 3. The maximum Gasteiger partial charge on any atom is 0.222 e. The first-order valence-corrected chi connectivity index (χ1v) is 4.96. The van der Waals surface area contributed by atoms with Gasteiger partial charge in [0.25, 0.3) is 0 Å². The number of ether oxygens (including phenoxy) is 1. The molecule has 0 aromatic rings. The van der Waals surface area contributed by atoms with Crippen LogP contribution < -0.4 is 5.32 Å². The van der Waals surface area contributed by atoms with Crippen LogP contribution in [0.5, 0.6) is 0 Å². The van der Waals surface area contributed by atoms with Crippen LogP contribution >= 0.6 is 0 Å². The van der Waals surface area contributed by atoms with Gasteiger partial charge in [0.05, 0.1) is 6.10 Å². The standard InChI is InChI=1S/C10H19NO2/c1-7(2)10(12)11-8-4-5-9(6-8)13-3/h7-9H,4-6H2,1-3H3,(H,11,12)/t8-,9-/m0/s1. The third kappa shape index (κ3) is 2.99. The van der Waals surface area contributed by atoms with E-state index in [1.165, 1.54) is 0 Å². The highest BCUT2D eigenvalue weighted by atomic mass is 16.5. The Labute approximate surface area is 79.8 Å². The number of hydrogen-bond donors (Lipinski definition) is 1. The van der Waals surface area contributed by atoms with Gasteiger partial charge in [-0.15, -0.1) is 0 Å². The lowest BCUT2D eigenvalue weighted by Gasteiger charge is -2.14. The molecule has 3 nitrogen and oxygen atoms in total. The van der Waals surface area contributed by atoms with Crippen LogP contribution in [0.15, 0.2) is 0 Å². The molecule has 0 bridgehead atoms. The SMILES string of the molecule is CO[C@H]1CC[C@H](NC(=O)C(C)C)C1. The second-order valence-electron chi connectivity index (χ2n) is 4.03. The van der Waals surface area contributed by atoms with Crippen molar-refractivity contribution in [2.45, 2.75) is 45.3 Å². The Kier molecular flexibility index (Phi) is 3.72. The number of carbonyl (C=O) groups excluding carboxylic acids is 1. The van der Waals surface area contributed by atoms with Gasteiger partial charge in [-0.2, -0.15) is 0 Å². The summed E-state index contributed by atoms with van der Waals surface area (Å²) in [4.78, 5) is 11.3. The molecule has 1 aliphatic carbocycles. The Morgan fingerprint density at radius 2 is 2.15 bits per heavy atom. The first-order chi connectivity index (χ1) is 6.13. The van der Waals surface area contributed by atoms with E-state index < -0.39 is 0 Å². The van der Waals surface area contributed by atoms with E-state index in [9.17, 15) is 4.79 Å². The molecule has 0 unspecified atom stereocenters. The second kappa shape index (κ2) is 4.61. The quantitative estimate of drug-likeness (QED) is 0.720. The largest absolute Gasteiger partial charge is 0.381 e. The molecule has 0 spiro atoms. The van der Waals surface area contributed by atoms with Gasteiger partial charge in [0.1, 0.15) is 0 Å². The van der Waals surface area contributed by atoms with Crippen LogP contribution in [0, 0.1) is 5.92 Å². The van der Waals surface area contributed by atoms with Crippen LogP contribution in [0.25, 0.3) is 0 Å². The summed E-state index contributed by atoms with van der Waals surface area (Å²) in [5, 5.41) is 3.02. The fourth-order valence-electron chi connectivity index (χ4n) is 1.65. The molecular formula is C10H19NO2. The zero-order valence-corrected chi connectivity index (χ0v) is 8.67. The lowest BCUT2D eigenvalue weighted by molar-refractivity contribution is -0.124. The monoisotopic (exact) mass is 185 g/mol. The Morgan fingerprint density at radius 1 is 1.46 bits per heavy atom. The van der Waals surface area contributed by atoms with Gasteiger partial charge in [0, 0.05) is 19.1 Å². The van der Waals surface area contributed by atoms with E-state index in [1.807, 2.05) is 13.8 Å². The van der Waals surface area contributed by atoms with Crippen LogP contribution in [-0.4, -0.2) is 25.2 Å². The van der Waals surface area contributed by atoms with Gasteiger partial charge in [0.15, 0.2) is 0 Å². The van der Waals surface area contributed by atoms with Gasteiger partial charge in [-0.25, -0.2) is 0 Å². The maximum atomic E-state index is 11.3. The summed E-state index contributed by atoms with van der Waals surface area (Å²) < 4.78 is 5.23. The van der Waals surface area contributed by atoms with Crippen LogP contribution in [0.3, 0.4) is 0 Å². The minimum atomic E-state index is 0.0848.